The zero-order valence-electron chi connectivity index (χ0n) is 29.5. The van der Waals surface area contributed by atoms with Gasteiger partial charge in [-0.25, -0.2) is 0 Å². The Kier molecular flexibility index (Phi) is 14.5. The molecule has 0 N–H and O–H groups in total. The summed E-state index contributed by atoms with van der Waals surface area (Å²) in [7, 11) is 0. The maximum atomic E-state index is 7.60. The van der Waals surface area contributed by atoms with Gasteiger partial charge in [-0.15, -0.1) is 0 Å². The van der Waals surface area contributed by atoms with Crippen LogP contribution in [-0.2, 0) is 17.5 Å². The van der Waals surface area contributed by atoms with Crippen LogP contribution in [0.4, 0.5) is 0 Å². The minimum atomic E-state index is -0.165. The number of hydrogen-bond donors (Lipinski definition) is 0. The summed E-state index contributed by atoms with van der Waals surface area (Å²) < 4.78 is 6.48. The Morgan fingerprint density at radius 2 is 0.872 bits per heavy atom. The van der Waals surface area contributed by atoms with Crippen LogP contribution < -0.4 is 4.17 Å². The van der Waals surface area contributed by atoms with Gasteiger partial charge in [0.15, 0.2) is 0 Å². The van der Waals surface area contributed by atoms with Gasteiger partial charge in [0.05, 0.1) is 0 Å². The van der Waals surface area contributed by atoms with Crippen molar-refractivity contribution in [3.63, 3.8) is 0 Å². The Bertz CT molecular complexity index is 1530. The van der Waals surface area contributed by atoms with Gasteiger partial charge in [-0.3, -0.25) is 0 Å². The Morgan fingerprint density at radius 1 is 0.532 bits per heavy atom. The topological polar surface area (TPSA) is 22.8 Å². The maximum absolute atomic E-state index is 7.60. The molecule has 47 heavy (non-hydrogen) atoms. The molecule has 0 bridgehead atoms. The molecule has 4 aromatic rings. The van der Waals surface area contributed by atoms with E-state index >= 15 is 0 Å². The molecule has 3 nitrogen and oxygen atoms in total. The van der Waals surface area contributed by atoms with Crippen LogP contribution in [0.5, 0.6) is 0 Å². The first-order valence-electron chi connectivity index (χ1n) is 17.7. The van der Waals surface area contributed by atoms with Gasteiger partial charge in [0, 0.05) is 0 Å². The average molecular weight is 789 g/mol. The van der Waals surface area contributed by atoms with Gasteiger partial charge in [-0.05, 0) is 0 Å². The number of benzene rings is 2. The number of imidazole rings is 1. The number of halogens is 3. The molecule has 0 unspecified atom stereocenters. The predicted octanol–water partition coefficient (Wildman–Crippen LogP) is 13.2. The van der Waals surface area contributed by atoms with Crippen molar-refractivity contribution in [3.8, 4) is 11.4 Å². The van der Waals surface area contributed by atoms with Crippen LogP contribution >= 0.6 is 34.8 Å². The fourth-order valence-electron chi connectivity index (χ4n) is 7.26. The van der Waals surface area contributed by atoms with E-state index in [1.807, 2.05) is 18.3 Å². The van der Waals surface area contributed by atoms with E-state index in [-0.39, 0.29) is 17.5 Å². The second-order valence-electron chi connectivity index (χ2n) is 12.4. The van der Waals surface area contributed by atoms with Crippen molar-refractivity contribution in [3.05, 3.63) is 96.2 Å². The first-order chi connectivity index (χ1) is 22.8. The third kappa shape index (κ3) is 7.74. The van der Waals surface area contributed by atoms with Crippen molar-refractivity contribution in [1.29, 1.82) is 0 Å². The standard InChI is InChI=1S/C35H50Cl2N2.C5H3ClN.Pd/c1-9-24(10-2)28-19-17-20-29(25(11-3)12-4)32(28)38-23-39(35(37)34(38)36)33-30(26(13-5)14-6)21-18-22-31(33)27(15-7)16-8;6-5-2-1-3-7-4-5;/h17-22,24-27H,9-16H2,1-8H3;1-3H;. The van der Waals surface area contributed by atoms with Crippen LogP contribution in [0.3, 0.4) is 0 Å². The molecule has 0 saturated heterocycles. The number of aromatic nitrogens is 3. The van der Waals surface area contributed by atoms with E-state index in [9.17, 15) is 0 Å². The summed E-state index contributed by atoms with van der Waals surface area (Å²) in [4.78, 5) is 4.82. The molecular weight excluding hydrogens is 735 g/mol. The summed E-state index contributed by atoms with van der Waals surface area (Å²) in [5, 5.41) is 1.76. The number of nitrogens with zero attached hydrogens (tertiary/aromatic N) is 3. The molecule has 0 saturated carbocycles. The van der Waals surface area contributed by atoms with Crippen molar-refractivity contribution in [2.45, 2.75) is 130 Å². The molecule has 7 heteroatoms. The average Bonchev–Trinajstić information content (AvgIpc) is 3.32. The van der Waals surface area contributed by atoms with E-state index in [4.69, 9.17) is 39.8 Å². The van der Waals surface area contributed by atoms with Crippen molar-refractivity contribution >= 4 is 39.0 Å². The van der Waals surface area contributed by atoms with Crippen molar-refractivity contribution < 1.29 is 17.5 Å². The molecule has 0 aliphatic heterocycles. The summed E-state index contributed by atoms with van der Waals surface area (Å²) in [6, 6.07) is 17.6. The molecule has 2 aromatic carbocycles. The molecule has 0 aliphatic rings. The van der Waals surface area contributed by atoms with Gasteiger partial charge in [-0.2, -0.15) is 0 Å². The van der Waals surface area contributed by atoms with Crippen LogP contribution in [0.25, 0.3) is 11.4 Å². The van der Waals surface area contributed by atoms with E-state index in [0.29, 0.717) is 39.0 Å². The Balaban J connectivity index is 2.34. The molecule has 2 heterocycles. The van der Waals surface area contributed by atoms with Crippen LogP contribution in [-0.4, -0.2) is 14.1 Å². The Hall–Kier alpha value is -1.67. The summed E-state index contributed by atoms with van der Waals surface area (Å²) in [6.45, 7) is 18.3. The van der Waals surface area contributed by atoms with E-state index in [0.717, 1.165) is 59.4 Å². The SMILES string of the molecule is CCC(CC)c1cccc(C(CC)CC)c1-n1c(Cl)c(Cl)n(-c2c(C(CC)CC)cccc2C(CC)CC)[c]1=[Pd][c]1ncccc1Cl. The fourth-order valence-corrected chi connectivity index (χ4v) is 10.2. The second kappa shape index (κ2) is 17.8. The molecule has 2 aromatic heterocycles. The molecule has 0 aliphatic carbocycles. The molecule has 259 valence electrons. The fraction of sp³-hybridized carbons (Fsp3) is 0.500. The Morgan fingerprint density at radius 3 is 1.17 bits per heavy atom. The summed E-state index contributed by atoms with van der Waals surface area (Å²) >= 11 is 21.9. The summed E-state index contributed by atoms with van der Waals surface area (Å²) in [5.74, 6) is 1.55. The molecule has 0 fully saturated rings. The zero-order chi connectivity index (χ0) is 34.2. The monoisotopic (exact) mass is 786 g/mol. The minimum absolute atomic E-state index is 0.165. The van der Waals surface area contributed by atoms with Gasteiger partial charge in [0.25, 0.3) is 0 Å². The number of pyridine rings is 1. The summed E-state index contributed by atoms with van der Waals surface area (Å²) in [6.07, 6.45) is 10.2. The van der Waals surface area contributed by atoms with Gasteiger partial charge < -0.3 is 0 Å². The molecule has 0 spiro atoms. The van der Waals surface area contributed by atoms with E-state index in [1.165, 1.54) is 33.6 Å². The number of hydrogen-bond acceptors (Lipinski definition) is 1. The summed E-state index contributed by atoms with van der Waals surface area (Å²) in [5.41, 5.74) is 7.69. The van der Waals surface area contributed by atoms with Crippen LogP contribution in [0.15, 0.2) is 54.7 Å². The second-order valence-corrected chi connectivity index (χ2v) is 15.4. The third-order valence-corrected chi connectivity index (χ3v) is 13.4. The van der Waals surface area contributed by atoms with E-state index in [1.54, 1.807) is 0 Å². The van der Waals surface area contributed by atoms with Crippen LogP contribution in [0, 0.1) is 3.89 Å². The predicted molar refractivity (Wildman–Crippen MR) is 201 cm³/mol. The normalized spacial score (nSPS) is 12.1. The van der Waals surface area contributed by atoms with Gasteiger partial charge >= 0.3 is 309 Å². The third-order valence-electron chi connectivity index (χ3n) is 10.1. The van der Waals surface area contributed by atoms with Gasteiger partial charge in [0.1, 0.15) is 0 Å². The zero-order valence-corrected chi connectivity index (χ0v) is 33.3. The first kappa shape index (κ1) is 38.1. The van der Waals surface area contributed by atoms with Crippen molar-refractivity contribution in [1.82, 2.24) is 14.1 Å². The Labute approximate surface area is 306 Å². The molecular formula is C40H53Cl3N3Pd. The van der Waals surface area contributed by atoms with Crippen molar-refractivity contribution in [2.24, 2.45) is 0 Å². The molecule has 0 amide bonds. The van der Waals surface area contributed by atoms with Crippen molar-refractivity contribution in [2.75, 3.05) is 0 Å². The molecule has 4 rings (SSSR count). The van der Waals surface area contributed by atoms with E-state index < -0.39 is 0 Å². The molecule has 0 atom stereocenters. The molecule has 0 radical (unpaired) electrons. The number of rotatable bonds is 15. The van der Waals surface area contributed by atoms with Crippen LogP contribution in [0.2, 0.25) is 15.3 Å². The van der Waals surface area contributed by atoms with Gasteiger partial charge in [-0.1, -0.05) is 0 Å². The first-order valence-corrected chi connectivity index (χ1v) is 20.4. The quantitative estimate of drug-likeness (QED) is 0.110. The number of para-hydroxylation sites is 2. The van der Waals surface area contributed by atoms with Crippen LogP contribution in [0.1, 0.15) is 153 Å². The van der Waals surface area contributed by atoms with Gasteiger partial charge in [0.2, 0.25) is 0 Å². The van der Waals surface area contributed by atoms with E-state index in [2.05, 4.69) is 101 Å².